The van der Waals surface area contributed by atoms with E-state index in [1.807, 2.05) is 6.92 Å². The van der Waals surface area contributed by atoms with Crippen LogP contribution < -0.4 is 16.1 Å². The Morgan fingerprint density at radius 3 is 2.72 bits per heavy atom. The second-order valence-corrected chi connectivity index (χ2v) is 4.03. The number of carbonyl (C=O) groups is 2. The van der Waals surface area contributed by atoms with Crippen molar-refractivity contribution in [3.05, 3.63) is 23.5 Å². The number of aromatic nitrogens is 1. The molecule has 7 nitrogen and oxygen atoms in total. The lowest BCUT2D eigenvalue weighted by Crippen LogP contribution is -2.34. The molecule has 0 unspecified atom stereocenters. The van der Waals surface area contributed by atoms with Crippen molar-refractivity contribution in [2.24, 2.45) is 7.05 Å². The Morgan fingerprint density at radius 2 is 2.17 bits per heavy atom. The molecule has 4 N–H and O–H groups in total. The first-order valence-electron chi connectivity index (χ1n) is 5.54. The van der Waals surface area contributed by atoms with E-state index in [-0.39, 0.29) is 18.5 Å². The van der Waals surface area contributed by atoms with Crippen molar-refractivity contribution >= 4 is 11.8 Å². The summed E-state index contributed by atoms with van der Waals surface area (Å²) in [7, 11) is 3.46. The molecule has 0 fully saturated rings. The molecule has 0 aromatic carbocycles. The predicted molar refractivity (Wildman–Crippen MR) is 65.2 cm³/mol. The Kier molecular flexibility index (Phi) is 4.87. The summed E-state index contributed by atoms with van der Waals surface area (Å²) in [4.78, 5) is 22.7. The van der Waals surface area contributed by atoms with E-state index in [4.69, 9.17) is 5.21 Å². The van der Waals surface area contributed by atoms with Gasteiger partial charge in [0.25, 0.3) is 5.91 Å². The number of aryl methyl sites for hydroxylation is 1. The van der Waals surface area contributed by atoms with Crippen LogP contribution in [0.2, 0.25) is 0 Å². The van der Waals surface area contributed by atoms with Crippen molar-refractivity contribution in [3.63, 3.8) is 0 Å². The number of nitrogens with zero attached hydrogens (tertiary/aromatic N) is 1. The van der Waals surface area contributed by atoms with Crippen LogP contribution in [0.15, 0.2) is 12.3 Å². The first-order chi connectivity index (χ1) is 8.49. The van der Waals surface area contributed by atoms with Gasteiger partial charge in [-0.2, -0.15) is 0 Å². The van der Waals surface area contributed by atoms with E-state index in [1.54, 1.807) is 36.4 Å². The monoisotopic (exact) mass is 254 g/mol. The fourth-order valence-electron chi connectivity index (χ4n) is 1.73. The van der Waals surface area contributed by atoms with Gasteiger partial charge in [-0.25, -0.2) is 5.48 Å². The third-order valence-electron chi connectivity index (χ3n) is 2.57. The lowest BCUT2D eigenvalue weighted by molar-refractivity contribution is -0.120. The van der Waals surface area contributed by atoms with Crippen molar-refractivity contribution < 1.29 is 14.8 Å². The summed E-state index contributed by atoms with van der Waals surface area (Å²) in [5.74, 6) is -0.704. The molecule has 0 saturated carbocycles. The van der Waals surface area contributed by atoms with Crippen LogP contribution in [0.25, 0.3) is 0 Å². The molecule has 0 bridgehead atoms. The van der Waals surface area contributed by atoms with E-state index in [2.05, 4.69) is 10.6 Å². The van der Waals surface area contributed by atoms with E-state index in [0.717, 1.165) is 5.69 Å². The number of rotatable bonds is 5. The SMILES string of the molecule is CNCC(=O)N[C@@H](C)c1cc(C(=O)NO)cn1C. The van der Waals surface area contributed by atoms with Gasteiger partial charge in [-0.1, -0.05) is 0 Å². The van der Waals surface area contributed by atoms with E-state index in [1.165, 1.54) is 0 Å². The summed E-state index contributed by atoms with van der Waals surface area (Å²) < 4.78 is 1.73. The first kappa shape index (κ1) is 14.2. The molecule has 0 aliphatic carbocycles. The number of hydrogen-bond acceptors (Lipinski definition) is 4. The smallest absolute Gasteiger partial charge is 0.276 e. The van der Waals surface area contributed by atoms with E-state index >= 15 is 0 Å². The summed E-state index contributed by atoms with van der Waals surface area (Å²) in [6.45, 7) is 2.06. The van der Waals surface area contributed by atoms with Gasteiger partial charge in [0.1, 0.15) is 0 Å². The molecule has 1 aromatic rings. The molecule has 1 heterocycles. The summed E-state index contributed by atoms with van der Waals surface area (Å²) in [5, 5.41) is 14.1. The van der Waals surface area contributed by atoms with Crippen LogP contribution in [0.3, 0.4) is 0 Å². The van der Waals surface area contributed by atoms with Crippen molar-refractivity contribution in [1.29, 1.82) is 0 Å². The summed E-state index contributed by atoms with van der Waals surface area (Å²) in [5.41, 5.74) is 2.69. The zero-order valence-electron chi connectivity index (χ0n) is 10.7. The van der Waals surface area contributed by atoms with Crippen molar-refractivity contribution in [3.8, 4) is 0 Å². The Hall–Kier alpha value is -1.86. The molecule has 7 heteroatoms. The van der Waals surface area contributed by atoms with Gasteiger partial charge in [0.15, 0.2) is 0 Å². The second kappa shape index (κ2) is 6.18. The van der Waals surface area contributed by atoms with Gasteiger partial charge in [-0.15, -0.1) is 0 Å². The normalized spacial score (nSPS) is 12.0. The van der Waals surface area contributed by atoms with Gasteiger partial charge in [-0.3, -0.25) is 14.8 Å². The molecular weight excluding hydrogens is 236 g/mol. The standard InChI is InChI=1S/C11H18N4O3/c1-7(13-10(16)5-12-2)9-4-8(6-15(9)3)11(17)14-18/h4,6-7,12,18H,5H2,1-3H3,(H,13,16)(H,14,17)/t7-/m0/s1. The number of amides is 2. The van der Waals surface area contributed by atoms with Crippen LogP contribution in [0.5, 0.6) is 0 Å². The molecule has 0 saturated heterocycles. The van der Waals surface area contributed by atoms with Crippen molar-refractivity contribution in [2.45, 2.75) is 13.0 Å². The van der Waals surface area contributed by atoms with Crippen LogP contribution in [0, 0.1) is 0 Å². The maximum atomic E-state index is 11.4. The zero-order valence-corrected chi connectivity index (χ0v) is 10.7. The van der Waals surface area contributed by atoms with Crippen LogP contribution in [-0.4, -0.2) is 35.2 Å². The average molecular weight is 254 g/mol. The molecule has 100 valence electrons. The van der Waals surface area contributed by atoms with Crippen molar-refractivity contribution in [1.82, 2.24) is 20.7 Å². The molecule has 0 aliphatic heterocycles. The number of carbonyl (C=O) groups excluding carboxylic acids is 2. The highest BCUT2D eigenvalue weighted by Crippen LogP contribution is 2.15. The molecule has 1 aromatic heterocycles. The third-order valence-corrected chi connectivity index (χ3v) is 2.57. The highest BCUT2D eigenvalue weighted by molar-refractivity contribution is 5.93. The predicted octanol–water partition coefficient (Wildman–Crippen LogP) is -0.459. The summed E-state index contributed by atoms with van der Waals surface area (Å²) >= 11 is 0. The molecule has 2 amide bonds. The highest BCUT2D eigenvalue weighted by Gasteiger charge is 2.16. The Labute approximate surface area is 105 Å². The molecular formula is C11H18N4O3. The lowest BCUT2D eigenvalue weighted by Gasteiger charge is -2.14. The van der Waals surface area contributed by atoms with Crippen LogP contribution >= 0.6 is 0 Å². The minimum Gasteiger partial charge on any atom is -0.352 e. The van der Waals surface area contributed by atoms with Gasteiger partial charge in [0, 0.05) is 18.9 Å². The maximum Gasteiger partial charge on any atom is 0.276 e. The van der Waals surface area contributed by atoms with Crippen LogP contribution in [0.1, 0.15) is 29.0 Å². The highest BCUT2D eigenvalue weighted by atomic mass is 16.5. The topological polar surface area (TPSA) is 95.4 Å². The minimum atomic E-state index is -0.578. The van der Waals surface area contributed by atoms with E-state index in [9.17, 15) is 9.59 Å². The minimum absolute atomic E-state index is 0.126. The average Bonchev–Trinajstić information content (AvgIpc) is 2.70. The Balaban J connectivity index is 2.79. The largest absolute Gasteiger partial charge is 0.352 e. The van der Waals surface area contributed by atoms with Gasteiger partial charge in [-0.05, 0) is 20.0 Å². The summed E-state index contributed by atoms with van der Waals surface area (Å²) in [6.07, 6.45) is 1.58. The maximum absolute atomic E-state index is 11.4. The number of nitrogens with one attached hydrogen (secondary N) is 3. The van der Waals surface area contributed by atoms with Gasteiger partial charge in [0.2, 0.25) is 5.91 Å². The van der Waals surface area contributed by atoms with E-state index < -0.39 is 5.91 Å². The molecule has 0 aliphatic rings. The van der Waals surface area contributed by atoms with Crippen molar-refractivity contribution in [2.75, 3.05) is 13.6 Å². The van der Waals surface area contributed by atoms with Crippen LogP contribution in [0.4, 0.5) is 0 Å². The first-order valence-corrected chi connectivity index (χ1v) is 5.54. The van der Waals surface area contributed by atoms with E-state index in [0.29, 0.717) is 5.56 Å². The zero-order chi connectivity index (χ0) is 13.7. The Bertz CT molecular complexity index is 441. The Morgan fingerprint density at radius 1 is 1.50 bits per heavy atom. The van der Waals surface area contributed by atoms with Gasteiger partial charge >= 0.3 is 0 Å². The van der Waals surface area contributed by atoms with Gasteiger partial charge < -0.3 is 15.2 Å². The lowest BCUT2D eigenvalue weighted by atomic mass is 10.2. The number of likely N-dealkylation sites (N-methyl/N-ethyl adjacent to an activating group) is 1. The second-order valence-electron chi connectivity index (χ2n) is 4.03. The quantitative estimate of drug-likeness (QED) is 0.422. The number of hydrogen-bond donors (Lipinski definition) is 4. The van der Waals surface area contributed by atoms with Crippen LogP contribution in [-0.2, 0) is 11.8 Å². The molecule has 0 spiro atoms. The van der Waals surface area contributed by atoms with Gasteiger partial charge in [0.05, 0.1) is 18.2 Å². The number of hydroxylamine groups is 1. The third kappa shape index (κ3) is 3.31. The summed E-state index contributed by atoms with van der Waals surface area (Å²) in [6, 6.07) is 1.40. The fraction of sp³-hybridized carbons (Fsp3) is 0.455. The fourth-order valence-corrected chi connectivity index (χ4v) is 1.73. The molecule has 1 atom stereocenters. The molecule has 1 rings (SSSR count). The molecule has 18 heavy (non-hydrogen) atoms. The molecule has 0 radical (unpaired) electrons.